The van der Waals surface area contributed by atoms with E-state index in [4.69, 9.17) is 33.0 Å². The van der Waals surface area contributed by atoms with Crippen molar-refractivity contribution in [3.63, 3.8) is 0 Å². The van der Waals surface area contributed by atoms with Gasteiger partial charge in [-0.05, 0) is 104 Å². The first-order chi connectivity index (χ1) is 19.0. The van der Waals surface area contributed by atoms with E-state index in [1.54, 1.807) is 6.20 Å². The van der Waals surface area contributed by atoms with Crippen LogP contribution in [0.15, 0.2) is 108 Å². The van der Waals surface area contributed by atoms with Crippen LogP contribution in [0.1, 0.15) is 34.7 Å². The molecule has 1 fully saturated rings. The Kier molecular flexibility index (Phi) is 6.81. The van der Waals surface area contributed by atoms with Crippen molar-refractivity contribution in [2.75, 3.05) is 4.90 Å². The first kappa shape index (κ1) is 25.2. The lowest BCUT2D eigenvalue weighted by molar-refractivity contribution is 0.439. The number of aryl methyl sites for hydroxylation is 2. The number of hydrogen-bond acceptors (Lipinski definition) is 4. The molecular formula is C32H26ClN3O2S. The Morgan fingerprint density at radius 2 is 1.69 bits per heavy atom. The van der Waals surface area contributed by atoms with E-state index >= 15 is 0 Å². The van der Waals surface area contributed by atoms with Crippen molar-refractivity contribution in [3.05, 3.63) is 131 Å². The summed E-state index contributed by atoms with van der Waals surface area (Å²) in [6.45, 7) is 4.08. The number of anilines is 1. The molecule has 2 unspecified atom stereocenters. The normalized spacial score (nSPS) is 16.8. The first-order valence-corrected chi connectivity index (χ1v) is 13.5. The summed E-state index contributed by atoms with van der Waals surface area (Å²) in [6, 6.07) is 31.1. The van der Waals surface area contributed by atoms with Crippen LogP contribution in [0.25, 0.3) is 11.3 Å². The molecule has 6 rings (SSSR count). The van der Waals surface area contributed by atoms with Gasteiger partial charge in [0.05, 0.1) is 11.7 Å². The predicted molar refractivity (Wildman–Crippen MR) is 160 cm³/mol. The molecule has 39 heavy (non-hydrogen) atoms. The zero-order valence-corrected chi connectivity index (χ0v) is 23.0. The summed E-state index contributed by atoms with van der Waals surface area (Å²) >= 11 is 12.2. The molecule has 0 saturated carbocycles. The number of rotatable bonds is 6. The van der Waals surface area contributed by atoms with Gasteiger partial charge in [-0.15, -0.1) is 0 Å². The minimum atomic E-state index is -0.260. The average Bonchev–Trinajstić information content (AvgIpc) is 3.57. The first-order valence-electron chi connectivity index (χ1n) is 12.7. The number of furan rings is 1. The van der Waals surface area contributed by atoms with Gasteiger partial charge >= 0.3 is 0 Å². The van der Waals surface area contributed by atoms with Gasteiger partial charge in [-0.3, -0.25) is 4.98 Å². The van der Waals surface area contributed by atoms with Gasteiger partial charge in [-0.2, -0.15) is 0 Å². The van der Waals surface area contributed by atoms with Crippen molar-refractivity contribution in [3.8, 4) is 22.8 Å². The van der Waals surface area contributed by atoms with Gasteiger partial charge in [0.25, 0.3) is 0 Å². The fourth-order valence-electron chi connectivity index (χ4n) is 4.91. The van der Waals surface area contributed by atoms with Crippen molar-refractivity contribution in [1.29, 1.82) is 0 Å². The van der Waals surface area contributed by atoms with Crippen molar-refractivity contribution in [1.82, 2.24) is 10.3 Å². The van der Waals surface area contributed by atoms with E-state index in [0.29, 0.717) is 10.1 Å². The van der Waals surface area contributed by atoms with Gasteiger partial charge in [0.1, 0.15) is 29.1 Å². The molecule has 0 amide bonds. The molecule has 0 bridgehead atoms. The summed E-state index contributed by atoms with van der Waals surface area (Å²) in [5.74, 6) is 3.11. The van der Waals surface area contributed by atoms with Gasteiger partial charge in [-0.1, -0.05) is 41.9 Å². The lowest BCUT2D eigenvalue weighted by Gasteiger charge is -2.26. The second-order valence-electron chi connectivity index (χ2n) is 9.52. The Labute approximate surface area is 238 Å². The Hall–Kier alpha value is -4.13. The van der Waals surface area contributed by atoms with E-state index in [2.05, 4.69) is 15.2 Å². The maximum atomic E-state index is 6.50. The molecule has 7 heteroatoms. The molecule has 3 heterocycles. The third-order valence-electron chi connectivity index (χ3n) is 6.92. The number of aromatic nitrogens is 1. The predicted octanol–water partition coefficient (Wildman–Crippen LogP) is 8.58. The molecule has 1 aliphatic heterocycles. The van der Waals surface area contributed by atoms with Gasteiger partial charge in [0.15, 0.2) is 5.11 Å². The minimum absolute atomic E-state index is 0.207. The molecule has 5 nitrogen and oxygen atoms in total. The Balaban J connectivity index is 1.37. The number of hydrogen-bond donors (Lipinski definition) is 1. The Morgan fingerprint density at radius 3 is 2.46 bits per heavy atom. The molecule has 2 aromatic heterocycles. The highest BCUT2D eigenvalue weighted by Crippen LogP contribution is 2.43. The van der Waals surface area contributed by atoms with Crippen LogP contribution in [0, 0.1) is 13.8 Å². The molecule has 194 valence electrons. The summed E-state index contributed by atoms with van der Waals surface area (Å²) in [7, 11) is 0. The third kappa shape index (κ3) is 5.01. The number of pyridine rings is 1. The number of nitrogens with zero attached hydrogens (tertiary/aromatic N) is 2. The number of ether oxygens (including phenoxy) is 1. The van der Waals surface area contributed by atoms with Crippen molar-refractivity contribution >= 4 is 34.6 Å². The molecule has 0 aliphatic carbocycles. The van der Waals surface area contributed by atoms with Gasteiger partial charge in [0, 0.05) is 22.5 Å². The van der Waals surface area contributed by atoms with Gasteiger partial charge < -0.3 is 19.4 Å². The van der Waals surface area contributed by atoms with Crippen LogP contribution in [0.4, 0.5) is 5.69 Å². The molecule has 3 aromatic carbocycles. The lowest BCUT2D eigenvalue weighted by atomic mass is 10.0. The van der Waals surface area contributed by atoms with Crippen LogP contribution in [-0.2, 0) is 0 Å². The highest BCUT2D eigenvalue weighted by atomic mass is 35.5. The second kappa shape index (κ2) is 10.6. The van der Waals surface area contributed by atoms with Crippen LogP contribution in [0.5, 0.6) is 11.5 Å². The summed E-state index contributed by atoms with van der Waals surface area (Å²) in [4.78, 5) is 6.71. The standard InChI is InChI=1S/C32H26ClN3O2S/c1-20-10-11-22(33)19-25(20)28-16-17-29(38-28)31-30(26-8-5-6-18-34-26)35-32(39)36(31)23-12-14-24(15-13-23)37-27-9-4-3-7-21(27)2/h3-19,30-31H,1-2H3,(H,35,39). The second-order valence-corrected chi connectivity index (χ2v) is 10.3. The van der Waals surface area contributed by atoms with Crippen LogP contribution < -0.4 is 15.0 Å². The SMILES string of the molecule is Cc1ccccc1Oc1ccc(N2C(=S)NC(c3ccccn3)C2c2ccc(-c3cc(Cl)ccc3C)o2)cc1. The summed E-state index contributed by atoms with van der Waals surface area (Å²) in [5, 5.41) is 4.74. The highest BCUT2D eigenvalue weighted by molar-refractivity contribution is 7.80. The summed E-state index contributed by atoms with van der Waals surface area (Å²) in [6.07, 6.45) is 1.79. The minimum Gasteiger partial charge on any atom is -0.459 e. The number of halogens is 1. The number of para-hydroxylation sites is 1. The van der Waals surface area contributed by atoms with Gasteiger partial charge in [-0.25, -0.2) is 0 Å². The number of thiocarbonyl (C=S) groups is 1. The molecule has 1 saturated heterocycles. The summed E-state index contributed by atoms with van der Waals surface area (Å²) in [5.41, 5.74) is 4.92. The Bertz CT molecular complexity index is 1640. The topological polar surface area (TPSA) is 50.5 Å². The van der Waals surface area contributed by atoms with Gasteiger partial charge in [0.2, 0.25) is 0 Å². The lowest BCUT2D eigenvalue weighted by Crippen LogP contribution is -2.29. The molecular weight excluding hydrogens is 526 g/mol. The van der Waals surface area contributed by atoms with Crippen molar-refractivity contribution in [2.24, 2.45) is 0 Å². The smallest absolute Gasteiger partial charge is 0.174 e. The van der Waals surface area contributed by atoms with Crippen LogP contribution in [0.3, 0.4) is 0 Å². The van der Waals surface area contributed by atoms with E-state index in [-0.39, 0.29) is 12.1 Å². The van der Waals surface area contributed by atoms with Crippen LogP contribution in [-0.4, -0.2) is 10.1 Å². The summed E-state index contributed by atoms with van der Waals surface area (Å²) < 4.78 is 12.6. The fourth-order valence-corrected chi connectivity index (χ4v) is 5.43. The monoisotopic (exact) mass is 551 g/mol. The largest absolute Gasteiger partial charge is 0.459 e. The Morgan fingerprint density at radius 1 is 0.897 bits per heavy atom. The van der Waals surface area contributed by atoms with E-state index in [0.717, 1.165) is 51.1 Å². The molecule has 0 spiro atoms. The zero-order valence-electron chi connectivity index (χ0n) is 21.5. The highest BCUT2D eigenvalue weighted by Gasteiger charge is 2.42. The quantitative estimate of drug-likeness (QED) is 0.213. The zero-order chi connectivity index (χ0) is 26.9. The van der Waals surface area contributed by atoms with E-state index < -0.39 is 0 Å². The maximum absolute atomic E-state index is 6.50. The van der Waals surface area contributed by atoms with Crippen LogP contribution >= 0.6 is 23.8 Å². The van der Waals surface area contributed by atoms with Crippen LogP contribution in [0.2, 0.25) is 5.02 Å². The van der Waals surface area contributed by atoms with Crippen molar-refractivity contribution in [2.45, 2.75) is 25.9 Å². The molecule has 0 radical (unpaired) electrons. The maximum Gasteiger partial charge on any atom is 0.174 e. The average molecular weight is 552 g/mol. The number of benzene rings is 3. The molecule has 2 atom stereocenters. The molecule has 1 aliphatic rings. The molecule has 1 N–H and O–H groups in total. The fraction of sp³-hybridized carbons (Fsp3) is 0.125. The van der Waals surface area contributed by atoms with E-state index in [1.807, 2.05) is 111 Å². The molecule has 5 aromatic rings. The van der Waals surface area contributed by atoms with E-state index in [1.165, 1.54) is 0 Å². The van der Waals surface area contributed by atoms with Crippen molar-refractivity contribution < 1.29 is 9.15 Å². The van der Waals surface area contributed by atoms with E-state index in [9.17, 15) is 0 Å². The number of nitrogens with one attached hydrogen (secondary N) is 1. The third-order valence-corrected chi connectivity index (χ3v) is 7.47.